The van der Waals surface area contributed by atoms with Crippen LogP contribution in [0, 0.1) is 21.3 Å². The normalized spacial score (nSPS) is 12.7. The first-order valence-electron chi connectivity index (χ1n) is 10.2. The summed E-state index contributed by atoms with van der Waals surface area (Å²) in [4.78, 5) is 22.1. The van der Waals surface area contributed by atoms with Crippen molar-refractivity contribution < 1.29 is 27.3 Å². The van der Waals surface area contributed by atoms with E-state index in [9.17, 15) is 27.7 Å². The number of hydrogen-bond donors (Lipinski definition) is 1. The number of ether oxygens (including phenoxy) is 1. The highest BCUT2D eigenvalue weighted by molar-refractivity contribution is 7.90. The number of amides is 1. The molecule has 11 heteroatoms. The molecule has 0 aliphatic carbocycles. The van der Waals surface area contributed by atoms with Gasteiger partial charge in [-0.15, -0.1) is 0 Å². The van der Waals surface area contributed by atoms with Crippen LogP contribution in [0.15, 0.2) is 65.7 Å². The zero-order valence-electron chi connectivity index (χ0n) is 19.0. The summed E-state index contributed by atoms with van der Waals surface area (Å²) in [7, 11) is -3.00. The van der Waals surface area contributed by atoms with Crippen LogP contribution in [-0.2, 0) is 14.8 Å². The molecule has 0 radical (unpaired) electrons. The van der Waals surface area contributed by atoms with Gasteiger partial charge in [0.05, 0.1) is 15.5 Å². The molecule has 3 aromatic rings. The van der Waals surface area contributed by atoms with Gasteiger partial charge in [0.15, 0.2) is 0 Å². The molecule has 1 N–H and O–H groups in total. The van der Waals surface area contributed by atoms with E-state index in [4.69, 9.17) is 4.74 Å². The molecule has 3 rings (SSSR count). The van der Waals surface area contributed by atoms with Crippen LogP contribution in [-0.4, -0.2) is 30.5 Å². The lowest BCUT2D eigenvalue weighted by Crippen LogP contribution is -2.28. The van der Waals surface area contributed by atoms with E-state index in [-0.39, 0.29) is 16.2 Å². The predicted octanol–water partition coefficient (Wildman–Crippen LogP) is 4.88. The summed E-state index contributed by atoms with van der Waals surface area (Å²) in [5, 5.41) is 13.5. The highest BCUT2D eigenvalue weighted by Gasteiger charge is 2.34. The highest BCUT2D eigenvalue weighted by atomic mass is 32.2. The van der Waals surface area contributed by atoms with Gasteiger partial charge in [0.25, 0.3) is 15.7 Å². The van der Waals surface area contributed by atoms with Gasteiger partial charge in [-0.05, 0) is 24.3 Å². The number of aromatic nitrogens is 1. The number of halogens is 1. The van der Waals surface area contributed by atoms with Crippen LogP contribution in [0.5, 0.6) is 0 Å². The summed E-state index contributed by atoms with van der Waals surface area (Å²) >= 11 is 0. The monoisotopic (exact) mass is 489 g/mol. The number of benzene rings is 2. The van der Waals surface area contributed by atoms with E-state index in [0.717, 1.165) is 10.0 Å². The zero-order chi connectivity index (χ0) is 25.3. The van der Waals surface area contributed by atoms with Crippen molar-refractivity contribution in [2.45, 2.75) is 31.8 Å². The lowest BCUT2D eigenvalue weighted by atomic mass is 9.85. The molecule has 1 amide bonds. The number of non-ortho nitro benzene ring substituents is 1. The Hall–Kier alpha value is -3.73. The van der Waals surface area contributed by atoms with Crippen molar-refractivity contribution in [2.75, 3.05) is 7.05 Å². The number of nitro benzene ring substituents is 1. The minimum atomic E-state index is -4.39. The second-order valence-corrected chi connectivity index (χ2v) is 10.4. The molecule has 2 aromatic carbocycles. The van der Waals surface area contributed by atoms with Gasteiger partial charge in [-0.2, -0.15) is 0 Å². The molecule has 0 saturated carbocycles. The summed E-state index contributed by atoms with van der Waals surface area (Å²) in [6.45, 7) is 5.40. The number of nitrogens with zero attached hydrogens (tertiary/aromatic N) is 2. The van der Waals surface area contributed by atoms with Crippen LogP contribution in [0.4, 0.5) is 14.9 Å². The van der Waals surface area contributed by atoms with E-state index in [1.54, 1.807) is 26.8 Å². The molecule has 0 spiro atoms. The third-order valence-corrected chi connectivity index (χ3v) is 6.73. The van der Waals surface area contributed by atoms with Crippen LogP contribution in [0.1, 0.15) is 32.4 Å². The van der Waals surface area contributed by atoms with E-state index >= 15 is 0 Å². The van der Waals surface area contributed by atoms with Crippen molar-refractivity contribution >= 4 is 21.8 Å². The molecule has 0 aliphatic heterocycles. The number of rotatable bonds is 6. The molecule has 9 nitrogen and oxygen atoms in total. The molecular weight excluding hydrogens is 465 g/mol. The summed E-state index contributed by atoms with van der Waals surface area (Å²) < 4.78 is 48.2. The maximum atomic E-state index is 14.7. The van der Waals surface area contributed by atoms with Crippen molar-refractivity contribution in [3.63, 3.8) is 0 Å². The van der Waals surface area contributed by atoms with Crippen LogP contribution in [0.25, 0.3) is 11.3 Å². The third kappa shape index (κ3) is 4.93. The Morgan fingerprint density at radius 1 is 1.15 bits per heavy atom. The smallest absolute Gasteiger partial charge is 0.407 e. The molecule has 34 heavy (non-hydrogen) atoms. The molecule has 0 aliphatic rings. The van der Waals surface area contributed by atoms with Gasteiger partial charge in [0.2, 0.25) is 0 Å². The highest BCUT2D eigenvalue weighted by Crippen LogP contribution is 2.40. The van der Waals surface area contributed by atoms with Gasteiger partial charge in [0.1, 0.15) is 11.9 Å². The number of alkyl carbamates (subject to hydrolysis) is 1. The lowest BCUT2D eigenvalue weighted by Gasteiger charge is -2.29. The fourth-order valence-corrected chi connectivity index (χ4v) is 4.87. The van der Waals surface area contributed by atoms with Gasteiger partial charge in [-0.1, -0.05) is 39.0 Å². The van der Waals surface area contributed by atoms with Crippen molar-refractivity contribution in [1.82, 2.24) is 9.29 Å². The number of nitrogens with one attached hydrogen (secondary N) is 1. The summed E-state index contributed by atoms with van der Waals surface area (Å²) in [5.41, 5.74) is -0.773. The number of carbonyl (C=O) groups is 1. The first-order chi connectivity index (χ1) is 15.9. The molecule has 1 heterocycles. The maximum absolute atomic E-state index is 14.7. The first-order valence-corrected chi connectivity index (χ1v) is 11.7. The van der Waals surface area contributed by atoms with E-state index < -0.39 is 44.1 Å². The average Bonchev–Trinajstić information content (AvgIpc) is 3.22. The molecule has 1 unspecified atom stereocenters. The maximum Gasteiger partial charge on any atom is 0.407 e. The fourth-order valence-electron chi connectivity index (χ4n) is 3.45. The lowest BCUT2D eigenvalue weighted by molar-refractivity contribution is -0.385. The van der Waals surface area contributed by atoms with Gasteiger partial charge >= 0.3 is 6.09 Å². The fraction of sp³-hybridized carbons (Fsp3) is 0.261. The Bertz CT molecular complexity index is 1340. The van der Waals surface area contributed by atoms with Crippen molar-refractivity contribution in [3.05, 3.63) is 82.3 Å². The summed E-state index contributed by atoms with van der Waals surface area (Å²) in [5.74, 6) is -0.665. The van der Waals surface area contributed by atoms with Gasteiger partial charge in [-0.25, -0.2) is 21.6 Å². The van der Waals surface area contributed by atoms with E-state index in [1.807, 2.05) is 0 Å². The second kappa shape index (κ2) is 9.26. The topological polar surface area (TPSA) is 121 Å². The summed E-state index contributed by atoms with van der Waals surface area (Å²) in [6, 6.07) is 11.6. The van der Waals surface area contributed by atoms with Crippen LogP contribution < -0.4 is 5.32 Å². The Kier molecular flexibility index (Phi) is 6.78. The standard InChI is InChI=1S/C23H24FN3O6S/c1-23(2,3)21(33-22(28)25-4)15-12-20(18-10-5-6-11-19(18)24)26(14-15)34(31,32)17-9-7-8-16(13-17)27(29)30/h5-14,21H,1-4H3,(H,25,28). The van der Waals surface area contributed by atoms with Gasteiger partial charge < -0.3 is 10.1 Å². The van der Waals surface area contributed by atoms with Crippen LogP contribution >= 0.6 is 0 Å². The Labute approximate surface area is 196 Å². The molecule has 1 atom stereocenters. The summed E-state index contributed by atoms with van der Waals surface area (Å²) in [6.07, 6.45) is -0.365. The molecule has 0 bridgehead atoms. The third-order valence-electron chi connectivity index (χ3n) is 5.06. The molecule has 0 fully saturated rings. The second-order valence-electron chi connectivity index (χ2n) is 8.60. The van der Waals surface area contributed by atoms with Crippen LogP contribution in [0.3, 0.4) is 0 Å². The van der Waals surface area contributed by atoms with E-state index in [2.05, 4.69) is 5.32 Å². The SMILES string of the molecule is CNC(=O)OC(c1cc(-c2ccccc2F)n(S(=O)(=O)c2cccc([N+](=O)[O-])c2)c1)C(C)(C)C. The quantitative estimate of drug-likeness (QED) is 0.389. The molecule has 1 aromatic heterocycles. The van der Waals surface area contributed by atoms with Gasteiger partial charge in [0, 0.05) is 41.9 Å². The first kappa shape index (κ1) is 24.9. The average molecular weight is 490 g/mol. The van der Waals surface area contributed by atoms with Crippen molar-refractivity contribution in [2.24, 2.45) is 5.41 Å². The minimum absolute atomic E-state index is 0.00430. The minimum Gasteiger partial charge on any atom is -0.441 e. The zero-order valence-corrected chi connectivity index (χ0v) is 19.8. The largest absolute Gasteiger partial charge is 0.441 e. The van der Waals surface area contributed by atoms with Crippen LogP contribution in [0.2, 0.25) is 0 Å². The number of hydrogen-bond acceptors (Lipinski definition) is 6. The molecule has 180 valence electrons. The number of nitro groups is 1. The molecule has 0 saturated heterocycles. The Morgan fingerprint density at radius 3 is 2.41 bits per heavy atom. The Balaban J connectivity index is 2.28. The van der Waals surface area contributed by atoms with E-state index in [1.165, 1.54) is 55.7 Å². The number of carbonyl (C=O) groups excluding carboxylic acids is 1. The van der Waals surface area contributed by atoms with Gasteiger partial charge in [-0.3, -0.25) is 10.1 Å². The predicted molar refractivity (Wildman–Crippen MR) is 123 cm³/mol. The van der Waals surface area contributed by atoms with Crippen molar-refractivity contribution in [3.8, 4) is 11.3 Å². The van der Waals surface area contributed by atoms with Crippen molar-refractivity contribution in [1.29, 1.82) is 0 Å². The Morgan fingerprint density at radius 2 is 1.82 bits per heavy atom. The molecular formula is C23H24FN3O6S. The van der Waals surface area contributed by atoms with E-state index in [0.29, 0.717) is 5.56 Å².